The monoisotopic (exact) mass is 223 g/mol. The summed E-state index contributed by atoms with van der Waals surface area (Å²) in [7, 11) is 1.00. The zero-order valence-electron chi connectivity index (χ0n) is 9.80. The van der Waals surface area contributed by atoms with E-state index in [1.165, 1.54) is 5.57 Å². The highest BCUT2D eigenvalue weighted by Gasteiger charge is 2.00. The summed E-state index contributed by atoms with van der Waals surface area (Å²) in [6.07, 6.45) is 15.2. The highest BCUT2D eigenvalue weighted by Crippen LogP contribution is 2.12. The largest absolute Gasteiger partial charge is 0.400 e. The minimum Gasteiger partial charge on any atom is -0.400 e. The molecule has 0 radical (unpaired) electrons. The average molecular weight is 223 g/mol. The Morgan fingerprint density at radius 3 is 2.94 bits per heavy atom. The van der Waals surface area contributed by atoms with Crippen LogP contribution in [0.1, 0.15) is 25.7 Å². The molecule has 0 heterocycles. The fourth-order valence-electron chi connectivity index (χ4n) is 1.40. The van der Waals surface area contributed by atoms with E-state index in [-0.39, 0.29) is 6.04 Å². The summed E-state index contributed by atoms with van der Waals surface area (Å²) < 4.78 is 0. The van der Waals surface area contributed by atoms with Gasteiger partial charge in [0.25, 0.3) is 0 Å². The maximum atomic E-state index is 10.3. The maximum absolute atomic E-state index is 10.3. The smallest absolute Gasteiger partial charge is 0.136 e. The van der Waals surface area contributed by atoms with Crippen LogP contribution in [0.25, 0.3) is 0 Å². The highest BCUT2D eigenvalue weighted by atomic mass is 16.2. The molecule has 0 saturated heterocycles. The SMILES string of the molecule is CO.NC(C=O)CCCC1=CC=CCC=C1. The third-order valence-corrected chi connectivity index (χ3v) is 2.23. The first-order valence-electron chi connectivity index (χ1n) is 5.51. The van der Waals surface area contributed by atoms with Gasteiger partial charge in [0, 0.05) is 7.11 Å². The molecule has 1 rings (SSSR count). The first-order valence-corrected chi connectivity index (χ1v) is 5.51. The van der Waals surface area contributed by atoms with Crippen LogP contribution in [-0.2, 0) is 4.79 Å². The third-order valence-electron chi connectivity index (χ3n) is 2.23. The van der Waals surface area contributed by atoms with E-state index in [4.69, 9.17) is 10.8 Å². The molecule has 0 fully saturated rings. The van der Waals surface area contributed by atoms with E-state index >= 15 is 0 Å². The van der Waals surface area contributed by atoms with E-state index in [1.54, 1.807) is 0 Å². The van der Waals surface area contributed by atoms with Crippen LogP contribution in [0.2, 0.25) is 0 Å². The second-order valence-electron chi connectivity index (χ2n) is 3.50. The maximum Gasteiger partial charge on any atom is 0.136 e. The molecule has 1 unspecified atom stereocenters. The van der Waals surface area contributed by atoms with Crippen molar-refractivity contribution in [2.24, 2.45) is 5.73 Å². The second-order valence-corrected chi connectivity index (χ2v) is 3.50. The van der Waals surface area contributed by atoms with Crippen molar-refractivity contribution in [1.82, 2.24) is 0 Å². The lowest BCUT2D eigenvalue weighted by atomic mass is 10.1. The molecular formula is C13H21NO2. The number of hydrogen-bond acceptors (Lipinski definition) is 3. The molecule has 1 aliphatic rings. The van der Waals surface area contributed by atoms with Crippen LogP contribution in [-0.4, -0.2) is 24.5 Å². The molecule has 90 valence electrons. The van der Waals surface area contributed by atoms with Gasteiger partial charge in [0.15, 0.2) is 0 Å². The Labute approximate surface area is 97.3 Å². The van der Waals surface area contributed by atoms with Gasteiger partial charge in [-0.05, 0) is 31.3 Å². The molecule has 0 saturated carbocycles. The van der Waals surface area contributed by atoms with Crippen molar-refractivity contribution in [3.63, 3.8) is 0 Å². The van der Waals surface area contributed by atoms with Gasteiger partial charge < -0.3 is 15.6 Å². The molecule has 3 heteroatoms. The minimum absolute atomic E-state index is 0.291. The van der Waals surface area contributed by atoms with Gasteiger partial charge in [-0.2, -0.15) is 0 Å². The zero-order chi connectivity index (χ0) is 12.2. The lowest BCUT2D eigenvalue weighted by molar-refractivity contribution is -0.109. The first-order chi connectivity index (χ1) is 7.83. The van der Waals surface area contributed by atoms with Crippen molar-refractivity contribution < 1.29 is 9.90 Å². The van der Waals surface area contributed by atoms with Gasteiger partial charge in [-0.3, -0.25) is 0 Å². The molecule has 0 aliphatic heterocycles. The Morgan fingerprint density at radius 2 is 2.25 bits per heavy atom. The topological polar surface area (TPSA) is 63.3 Å². The molecule has 0 bridgehead atoms. The number of nitrogens with two attached hydrogens (primary N) is 1. The summed E-state index contributed by atoms with van der Waals surface area (Å²) in [5.74, 6) is 0. The van der Waals surface area contributed by atoms with E-state index in [2.05, 4.69) is 30.4 Å². The summed E-state index contributed by atoms with van der Waals surface area (Å²) in [5, 5.41) is 7.00. The molecule has 3 N–H and O–H groups in total. The van der Waals surface area contributed by atoms with Crippen LogP contribution in [0.15, 0.2) is 36.0 Å². The Morgan fingerprint density at radius 1 is 1.50 bits per heavy atom. The Bertz CT molecular complexity index is 267. The molecule has 0 amide bonds. The molecule has 16 heavy (non-hydrogen) atoms. The number of carbonyl (C=O) groups is 1. The Balaban J connectivity index is 0.00000106. The lowest BCUT2D eigenvalue weighted by Crippen LogP contribution is -2.20. The first kappa shape index (κ1) is 14.8. The second kappa shape index (κ2) is 10.3. The average Bonchev–Trinajstić information content (AvgIpc) is 2.60. The number of aliphatic hydroxyl groups is 1. The predicted octanol–water partition coefficient (Wildman–Crippen LogP) is 1.73. The molecule has 0 spiro atoms. The summed E-state index contributed by atoms with van der Waals surface area (Å²) in [6.45, 7) is 0. The number of rotatable bonds is 5. The van der Waals surface area contributed by atoms with E-state index < -0.39 is 0 Å². The van der Waals surface area contributed by atoms with E-state index in [0.29, 0.717) is 0 Å². The number of aliphatic hydroxyl groups excluding tert-OH is 1. The highest BCUT2D eigenvalue weighted by molar-refractivity contribution is 5.56. The minimum atomic E-state index is -0.291. The summed E-state index contributed by atoms with van der Waals surface area (Å²) in [6, 6.07) is -0.291. The van der Waals surface area contributed by atoms with Crippen molar-refractivity contribution in [1.29, 1.82) is 0 Å². The number of hydrogen-bond donors (Lipinski definition) is 2. The summed E-state index contributed by atoms with van der Waals surface area (Å²) >= 11 is 0. The standard InChI is InChI=1S/C12H17NO.CH4O/c13-12(10-14)9-5-8-11-6-3-1-2-4-7-11;1-2/h1,3-4,6-7,10,12H,2,5,8-9,13H2;2H,1H3. The van der Waals surface area contributed by atoms with Crippen LogP contribution in [0.4, 0.5) is 0 Å². The van der Waals surface area contributed by atoms with Gasteiger partial charge in [-0.1, -0.05) is 30.4 Å². The summed E-state index contributed by atoms with van der Waals surface area (Å²) in [5.41, 5.74) is 6.82. The molecule has 3 nitrogen and oxygen atoms in total. The van der Waals surface area contributed by atoms with Gasteiger partial charge in [-0.15, -0.1) is 0 Å². The van der Waals surface area contributed by atoms with Crippen molar-refractivity contribution in [2.45, 2.75) is 31.7 Å². The number of carbonyl (C=O) groups excluding carboxylic acids is 1. The summed E-state index contributed by atoms with van der Waals surface area (Å²) in [4.78, 5) is 10.3. The molecule has 1 aliphatic carbocycles. The number of allylic oxidation sites excluding steroid dienone is 6. The van der Waals surface area contributed by atoms with Crippen molar-refractivity contribution in [3.8, 4) is 0 Å². The van der Waals surface area contributed by atoms with E-state index in [9.17, 15) is 4.79 Å². The number of aldehydes is 1. The van der Waals surface area contributed by atoms with E-state index in [0.717, 1.165) is 39.1 Å². The van der Waals surface area contributed by atoms with Gasteiger partial charge >= 0.3 is 0 Å². The molecule has 1 atom stereocenters. The fraction of sp³-hybridized carbons (Fsp3) is 0.462. The Hall–Kier alpha value is -1.19. The molecule has 0 aromatic heterocycles. The normalized spacial score (nSPS) is 15.6. The molecule has 0 aromatic rings. The molecular weight excluding hydrogens is 202 g/mol. The Kier molecular flexibility index (Phi) is 9.56. The zero-order valence-corrected chi connectivity index (χ0v) is 9.80. The predicted molar refractivity (Wildman–Crippen MR) is 67.0 cm³/mol. The van der Waals surface area contributed by atoms with Gasteiger partial charge in [0.1, 0.15) is 6.29 Å². The van der Waals surface area contributed by atoms with Crippen LogP contribution < -0.4 is 5.73 Å². The fourth-order valence-corrected chi connectivity index (χ4v) is 1.40. The quantitative estimate of drug-likeness (QED) is 0.698. The lowest BCUT2D eigenvalue weighted by Gasteiger charge is -2.03. The van der Waals surface area contributed by atoms with Gasteiger partial charge in [0.05, 0.1) is 6.04 Å². The van der Waals surface area contributed by atoms with Crippen LogP contribution in [0.3, 0.4) is 0 Å². The van der Waals surface area contributed by atoms with E-state index in [1.807, 2.05) is 0 Å². The van der Waals surface area contributed by atoms with Gasteiger partial charge in [-0.25, -0.2) is 0 Å². The van der Waals surface area contributed by atoms with Crippen molar-refractivity contribution in [2.75, 3.05) is 7.11 Å². The van der Waals surface area contributed by atoms with Crippen LogP contribution >= 0.6 is 0 Å². The van der Waals surface area contributed by atoms with Gasteiger partial charge in [0.2, 0.25) is 0 Å². The van der Waals surface area contributed by atoms with Crippen LogP contribution in [0, 0.1) is 0 Å². The third kappa shape index (κ3) is 7.15. The van der Waals surface area contributed by atoms with Crippen LogP contribution in [0.5, 0.6) is 0 Å². The van der Waals surface area contributed by atoms with Crippen molar-refractivity contribution in [3.05, 3.63) is 36.0 Å². The molecule has 0 aromatic carbocycles. The van der Waals surface area contributed by atoms with Crippen molar-refractivity contribution >= 4 is 6.29 Å².